The van der Waals surface area contributed by atoms with Gasteiger partial charge in [-0.2, -0.15) is 5.10 Å². The van der Waals surface area contributed by atoms with Gasteiger partial charge in [-0.1, -0.05) is 23.2 Å². The van der Waals surface area contributed by atoms with Gasteiger partial charge in [-0.25, -0.2) is 0 Å². The third-order valence-corrected chi connectivity index (χ3v) is 3.16. The van der Waals surface area contributed by atoms with Gasteiger partial charge in [-0.3, -0.25) is 9.48 Å². The predicted molar refractivity (Wildman–Crippen MR) is 69.3 cm³/mol. The first kappa shape index (κ1) is 14.3. The fraction of sp³-hybridized carbons (Fsp3) is 0.636. The fourth-order valence-corrected chi connectivity index (χ4v) is 2.09. The van der Waals surface area contributed by atoms with Gasteiger partial charge in [0.05, 0.1) is 5.69 Å². The minimum absolute atomic E-state index is 0.295. The molecule has 0 radical (unpaired) electrons. The quantitative estimate of drug-likeness (QED) is 0.792. The molecule has 0 spiro atoms. The molecule has 96 valence electrons. The van der Waals surface area contributed by atoms with Gasteiger partial charge in [0.15, 0.2) is 4.84 Å². The van der Waals surface area contributed by atoms with Gasteiger partial charge in [0, 0.05) is 31.4 Å². The van der Waals surface area contributed by atoms with Crippen molar-refractivity contribution in [3.05, 3.63) is 17.0 Å². The molecular formula is C11H17Cl2N3O. The summed E-state index contributed by atoms with van der Waals surface area (Å²) in [4.78, 5) is 12.1. The lowest BCUT2D eigenvalue weighted by atomic mass is 10.2. The van der Waals surface area contributed by atoms with E-state index >= 15 is 0 Å². The van der Waals surface area contributed by atoms with Crippen molar-refractivity contribution in [3.63, 3.8) is 0 Å². The number of rotatable bonds is 4. The smallest absolute Gasteiger partial charge is 0.255 e. The lowest BCUT2D eigenvalue weighted by Gasteiger charge is -2.17. The summed E-state index contributed by atoms with van der Waals surface area (Å²) in [5.74, 6) is -0.295. The Morgan fingerprint density at radius 1 is 1.47 bits per heavy atom. The van der Waals surface area contributed by atoms with Gasteiger partial charge in [-0.05, 0) is 20.8 Å². The summed E-state index contributed by atoms with van der Waals surface area (Å²) in [5.41, 5.74) is 3.06. The zero-order valence-corrected chi connectivity index (χ0v) is 12.0. The molecule has 1 rings (SSSR count). The van der Waals surface area contributed by atoms with Gasteiger partial charge in [0.1, 0.15) is 0 Å². The molecule has 0 aromatic carbocycles. The molecule has 0 aliphatic rings. The van der Waals surface area contributed by atoms with Crippen molar-refractivity contribution in [1.82, 2.24) is 14.7 Å². The standard InChI is InChI=1S/C11H17Cl2N3O/c1-5-16-8(3)9(7(2)14-16)6-15(4)11(17)10(12)13/h10H,5-6H2,1-4H3. The maximum Gasteiger partial charge on any atom is 0.255 e. The normalized spacial score (nSPS) is 11.0. The van der Waals surface area contributed by atoms with Crippen LogP contribution < -0.4 is 0 Å². The van der Waals surface area contributed by atoms with E-state index in [9.17, 15) is 4.79 Å². The van der Waals surface area contributed by atoms with Crippen molar-refractivity contribution in [2.75, 3.05) is 7.05 Å². The molecule has 0 bridgehead atoms. The highest BCUT2D eigenvalue weighted by atomic mass is 35.5. The maximum atomic E-state index is 11.6. The second-order valence-corrected chi connectivity index (χ2v) is 5.06. The van der Waals surface area contributed by atoms with Gasteiger partial charge in [-0.15, -0.1) is 0 Å². The Balaban J connectivity index is 2.88. The molecular weight excluding hydrogens is 261 g/mol. The first-order valence-corrected chi connectivity index (χ1v) is 6.31. The van der Waals surface area contributed by atoms with Crippen molar-refractivity contribution < 1.29 is 4.79 Å². The van der Waals surface area contributed by atoms with Gasteiger partial charge < -0.3 is 4.90 Å². The van der Waals surface area contributed by atoms with Crippen LogP contribution in [0.5, 0.6) is 0 Å². The van der Waals surface area contributed by atoms with Crippen LogP contribution in [0.1, 0.15) is 23.9 Å². The second kappa shape index (κ2) is 5.74. The highest BCUT2D eigenvalue weighted by Gasteiger charge is 2.20. The van der Waals surface area contributed by atoms with E-state index in [1.54, 1.807) is 7.05 Å². The highest BCUT2D eigenvalue weighted by Crippen LogP contribution is 2.16. The number of nitrogens with zero attached hydrogens (tertiary/aromatic N) is 3. The van der Waals surface area contributed by atoms with Crippen molar-refractivity contribution in [3.8, 4) is 0 Å². The maximum absolute atomic E-state index is 11.6. The zero-order valence-electron chi connectivity index (χ0n) is 10.5. The molecule has 0 unspecified atom stereocenters. The lowest BCUT2D eigenvalue weighted by Crippen LogP contribution is -2.31. The van der Waals surface area contributed by atoms with Crippen LogP contribution in [-0.4, -0.2) is 32.5 Å². The zero-order chi connectivity index (χ0) is 13.2. The molecule has 0 N–H and O–H groups in total. The van der Waals surface area contributed by atoms with Gasteiger partial charge in [0.25, 0.3) is 5.91 Å². The number of carbonyl (C=O) groups is 1. The lowest BCUT2D eigenvalue weighted by molar-refractivity contribution is -0.128. The first-order valence-electron chi connectivity index (χ1n) is 5.44. The minimum Gasteiger partial charge on any atom is -0.339 e. The van der Waals surface area contributed by atoms with E-state index in [0.717, 1.165) is 23.5 Å². The van der Waals surface area contributed by atoms with Crippen LogP contribution in [0.15, 0.2) is 0 Å². The number of halogens is 2. The van der Waals surface area contributed by atoms with Crippen LogP contribution in [-0.2, 0) is 17.9 Å². The Morgan fingerprint density at radius 2 is 2.06 bits per heavy atom. The van der Waals surface area contributed by atoms with Crippen LogP contribution in [0, 0.1) is 13.8 Å². The summed E-state index contributed by atoms with van der Waals surface area (Å²) in [5, 5.41) is 4.40. The monoisotopic (exact) mass is 277 g/mol. The SMILES string of the molecule is CCn1nc(C)c(CN(C)C(=O)C(Cl)Cl)c1C. The molecule has 1 aromatic heterocycles. The number of aryl methyl sites for hydroxylation is 2. The highest BCUT2D eigenvalue weighted by molar-refractivity contribution is 6.53. The fourth-order valence-electron chi connectivity index (χ4n) is 1.75. The molecule has 0 aliphatic carbocycles. The Bertz CT molecular complexity index is 415. The Labute approximate surface area is 111 Å². The summed E-state index contributed by atoms with van der Waals surface area (Å²) < 4.78 is 1.92. The van der Waals surface area contributed by atoms with Crippen LogP contribution in [0.25, 0.3) is 0 Å². The van der Waals surface area contributed by atoms with Gasteiger partial charge in [0.2, 0.25) is 0 Å². The van der Waals surface area contributed by atoms with E-state index in [-0.39, 0.29) is 5.91 Å². The predicted octanol–water partition coefficient (Wildman–Crippen LogP) is 2.28. The molecule has 0 saturated heterocycles. The molecule has 0 fully saturated rings. The first-order chi connectivity index (χ1) is 7.88. The van der Waals surface area contributed by atoms with E-state index in [1.165, 1.54) is 4.90 Å². The van der Waals surface area contributed by atoms with Crippen LogP contribution in [0.3, 0.4) is 0 Å². The third kappa shape index (κ3) is 3.13. The molecule has 4 nitrogen and oxygen atoms in total. The van der Waals surface area contributed by atoms with Crippen molar-refractivity contribution >= 4 is 29.1 Å². The van der Waals surface area contributed by atoms with E-state index in [1.807, 2.05) is 25.5 Å². The molecule has 0 aliphatic heterocycles. The largest absolute Gasteiger partial charge is 0.339 e. The minimum atomic E-state index is -1.01. The number of aromatic nitrogens is 2. The molecule has 6 heteroatoms. The summed E-state index contributed by atoms with van der Waals surface area (Å²) >= 11 is 11.1. The Hall–Kier alpha value is -0.740. The Morgan fingerprint density at radius 3 is 2.47 bits per heavy atom. The van der Waals surface area contributed by atoms with Crippen LogP contribution in [0.2, 0.25) is 0 Å². The molecule has 1 heterocycles. The summed E-state index contributed by atoms with van der Waals surface area (Å²) in [6.07, 6.45) is 0. The average Bonchev–Trinajstić information content (AvgIpc) is 2.55. The molecule has 0 atom stereocenters. The van der Waals surface area contributed by atoms with Crippen molar-refractivity contribution in [2.45, 2.75) is 38.7 Å². The summed E-state index contributed by atoms with van der Waals surface area (Å²) in [6, 6.07) is 0. The van der Waals surface area contributed by atoms with Crippen LogP contribution in [0.4, 0.5) is 0 Å². The van der Waals surface area contributed by atoms with E-state index in [4.69, 9.17) is 23.2 Å². The van der Waals surface area contributed by atoms with E-state index < -0.39 is 4.84 Å². The average molecular weight is 278 g/mol. The number of carbonyl (C=O) groups excluding carboxylic acids is 1. The number of hydrogen-bond acceptors (Lipinski definition) is 2. The number of alkyl halides is 2. The van der Waals surface area contributed by atoms with Crippen molar-refractivity contribution in [1.29, 1.82) is 0 Å². The molecule has 17 heavy (non-hydrogen) atoms. The topological polar surface area (TPSA) is 38.1 Å². The van der Waals surface area contributed by atoms with E-state index in [0.29, 0.717) is 6.54 Å². The molecule has 0 saturated carbocycles. The van der Waals surface area contributed by atoms with Crippen molar-refractivity contribution in [2.24, 2.45) is 0 Å². The molecule has 1 aromatic rings. The van der Waals surface area contributed by atoms with Gasteiger partial charge >= 0.3 is 0 Å². The van der Waals surface area contributed by atoms with E-state index in [2.05, 4.69) is 5.10 Å². The third-order valence-electron chi connectivity index (χ3n) is 2.79. The Kier molecular flexibility index (Phi) is 4.83. The number of hydrogen-bond donors (Lipinski definition) is 0. The summed E-state index contributed by atoms with van der Waals surface area (Å²) in [7, 11) is 1.68. The van der Waals surface area contributed by atoms with Crippen LogP contribution >= 0.6 is 23.2 Å². The molecule has 1 amide bonds. The summed E-state index contributed by atoms with van der Waals surface area (Å²) in [6.45, 7) is 7.26. The number of amides is 1. The second-order valence-electron chi connectivity index (χ2n) is 3.96.